The molecule has 0 radical (unpaired) electrons. The van der Waals surface area contributed by atoms with Crippen molar-refractivity contribution in [3.8, 4) is 6.07 Å². The Kier molecular flexibility index (Phi) is 2.22. The maximum Gasteiger partial charge on any atom is 0.124 e. The molecule has 0 unspecified atom stereocenters. The normalized spacial score (nSPS) is 17.5. The van der Waals surface area contributed by atoms with Crippen molar-refractivity contribution in [1.29, 1.82) is 5.26 Å². The molecule has 2 nitrogen and oxygen atoms in total. The number of benzene rings is 1. The van der Waals surface area contributed by atoms with E-state index in [2.05, 4.69) is 0 Å². The van der Waals surface area contributed by atoms with Crippen LogP contribution in [0.25, 0.3) is 0 Å². The molecule has 0 amide bonds. The van der Waals surface area contributed by atoms with Gasteiger partial charge in [0.2, 0.25) is 0 Å². The van der Waals surface area contributed by atoms with Crippen LogP contribution in [0.5, 0.6) is 0 Å². The number of rotatable bonds is 2. The van der Waals surface area contributed by atoms with E-state index >= 15 is 0 Å². The molecule has 2 rings (SSSR count). The molecule has 0 saturated heterocycles. The first-order chi connectivity index (χ1) is 6.70. The minimum atomic E-state index is -0.379. The molecule has 1 aliphatic rings. The number of nitrogens with two attached hydrogens (primary N) is 1. The highest BCUT2D eigenvalue weighted by atomic mass is 19.1. The van der Waals surface area contributed by atoms with Gasteiger partial charge in [0, 0.05) is 6.04 Å². The number of halogens is 1. The van der Waals surface area contributed by atoms with Crippen LogP contribution in [-0.2, 0) is 0 Å². The Labute approximate surface area is 82.1 Å². The van der Waals surface area contributed by atoms with Crippen LogP contribution in [0.4, 0.5) is 4.39 Å². The van der Waals surface area contributed by atoms with Crippen LogP contribution in [0.1, 0.15) is 30.0 Å². The minimum Gasteiger partial charge on any atom is -0.324 e. The fourth-order valence-electron chi connectivity index (χ4n) is 1.60. The predicted molar refractivity (Wildman–Crippen MR) is 50.8 cm³/mol. The van der Waals surface area contributed by atoms with Gasteiger partial charge in [-0.25, -0.2) is 4.39 Å². The van der Waals surface area contributed by atoms with E-state index in [1.165, 1.54) is 12.1 Å². The lowest BCUT2D eigenvalue weighted by Crippen LogP contribution is -2.12. The van der Waals surface area contributed by atoms with Gasteiger partial charge in [0.1, 0.15) is 5.82 Å². The molecule has 0 aliphatic heterocycles. The topological polar surface area (TPSA) is 49.8 Å². The average molecular weight is 190 g/mol. The second kappa shape index (κ2) is 3.39. The van der Waals surface area contributed by atoms with Crippen LogP contribution >= 0.6 is 0 Å². The van der Waals surface area contributed by atoms with Gasteiger partial charge in [0.15, 0.2) is 0 Å². The van der Waals surface area contributed by atoms with Crippen molar-refractivity contribution in [2.24, 2.45) is 11.7 Å². The highest BCUT2D eigenvalue weighted by molar-refractivity contribution is 5.35. The Balaban J connectivity index is 2.32. The highest BCUT2D eigenvalue weighted by Gasteiger charge is 2.29. The van der Waals surface area contributed by atoms with E-state index < -0.39 is 0 Å². The van der Waals surface area contributed by atoms with E-state index in [0.29, 0.717) is 11.5 Å². The van der Waals surface area contributed by atoms with E-state index in [1.807, 2.05) is 6.07 Å². The first kappa shape index (κ1) is 9.17. The van der Waals surface area contributed by atoms with Gasteiger partial charge >= 0.3 is 0 Å². The summed E-state index contributed by atoms with van der Waals surface area (Å²) in [6, 6.07) is 6.13. The molecule has 1 aromatic rings. The number of hydrogen-bond acceptors (Lipinski definition) is 2. The third kappa shape index (κ3) is 1.75. The Morgan fingerprint density at radius 1 is 1.43 bits per heavy atom. The van der Waals surface area contributed by atoms with Crippen LogP contribution in [0.15, 0.2) is 18.2 Å². The smallest absolute Gasteiger partial charge is 0.124 e. The molecule has 0 heterocycles. The molecule has 0 aromatic heterocycles. The predicted octanol–water partition coefficient (Wildman–Crippen LogP) is 2.11. The second-order valence-electron chi connectivity index (χ2n) is 3.75. The van der Waals surface area contributed by atoms with Crippen LogP contribution in [0.3, 0.4) is 0 Å². The maximum atomic E-state index is 13.1. The van der Waals surface area contributed by atoms with Crippen molar-refractivity contribution in [2.75, 3.05) is 0 Å². The van der Waals surface area contributed by atoms with Crippen LogP contribution < -0.4 is 5.73 Å². The van der Waals surface area contributed by atoms with E-state index in [1.54, 1.807) is 6.07 Å². The van der Waals surface area contributed by atoms with Crippen molar-refractivity contribution in [2.45, 2.75) is 18.9 Å². The fourth-order valence-corrected chi connectivity index (χ4v) is 1.60. The molecule has 1 aromatic carbocycles. The molecule has 72 valence electrons. The Morgan fingerprint density at radius 2 is 2.14 bits per heavy atom. The van der Waals surface area contributed by atoms with Gasteiger partial charge in [0.05, 0.1) is 11.6 Å². The molecule has 1 atom stereocenters. The van der Waals surface area contributed by atoms with Gasteiger partial charge < -0.3 is 5.73 Å². The second-order valence-corrected chi connectivity index (χ2v) is 3.75. The summed E-state index contributed by atoms with van der Waals surface area (Å²) in [6.45, 7) is 0. The Bertz CT molecular complexity index is 391. The van der Waals surface area contributed by atoms with Crippen molar-refractivity contribution < 1.29 is 4.39 Å². The summed E-state index contributed by atoms with van der Waals surface area (Å²) in [7, 11) is 0. The average Bonchev–Trinajstić information content (AvgIpc) is 2.99. The highest BCUT2D eigenvalue weighted by Crippen LogP contribution is 2.39. The summed E-state index contributed by atoms with van der Waals surface area (Å²) >= 11 is 0. The lowest BCUT2D eigenvalue weighted by molar-refractivity contribution is 0.601. The summed E-state index contributed by atoms with van der Waals surface area (Å²) in [5.74, 6) is 0.0958. The standard InChI is InChI=1S/C11H11FN2/c12-10-4-7(6-13)3-9(5-10)11(14)8-1-2-8/h3-5,8,11H,1-2,14H2/t11-/m1/s1. The maximum absolute atomic E-state index is 13.1. The molecule has 0 bridgehead atoms. The fraction of sp³-hybridized carbons (Fsp3) is 0.364. The Hall–Kier alpha value is -1.40. The first-order valence-corrected chi connectivity index (χ1v) is 4.67. The summed E-state index contributed by atoms with van der Waals surface area (Å²) in [6.07, 6.45) is 2.22. The van der Waals surface area contributed by atoms with Crippen LogP contribution in [0, 0.1) is 23.1 Å². The summed E-state index contributed by atoms with van der Waals surface area (Å²) in [4.78, 5) is 0. The molecule has 1 saturated carbocycles. The van der Waals surface area contributed by atoms with Gasteiger partial charge in [-0.05, 0) is 42.5 Å². The zero-order chi connectivity index (χ0) is 10.1. The molecule has 1 aliphatic carbocycles. The van der Waals surface area contributed by atoms with E-state index in [4.69, 9.17) is 11.0 Å². The lowest BCUT2D eigenvalue weighted by Gasteiger charge is -2.10. The van der Waals surface area contributed by atoms with Crippen molar-refractivity contribution in [1.82, 2.24) is 0 Å². The quantitative estimate of drug-likeness (QED) is 0.776. The van der Waals surface area contributed by atoms with E-state index in [0.717, 1.165) is 18.4 Å². The molecule has 2 N–H and O–H groups in total. The zero-order valence-corrected chi connectivity index (χ0v) is 7.70. The van der Waals surface area contributed by atoms with Gasteiger partial charge in [-0.3, -0.25) is 0 Å². The number of nitriles is 1. The third-order valence-electron chi connectivity index (χ3n) is 2.56. The van der Waals surface area contributed by atoms with E-state index in [9.17, 15) is 4.39 Å². The van der Waals surface area contributed by atoms with Crippen molar-refractivity contribution in [3.05, 3.63) is 35.1 Å². The lowest BCUT2D eigenvalue weighted by atomic mass is 10.0. The molecular formula is C11H11FN2. The zero-order valence-electron chi connectivity index (χ0n) is 7.70. The van der Waals surface area contributed by atoms with Gasteiger partial charge in [0.25, 0.3) is 0 Å². The summed E-state index contributed by atoms with van der Waals surface area (Å²) in [5.41, 5.74) is 7.00. The van der Waals surface area contributed by atoms with Crippen molar-refractivity contribution >= 4 is 0 Å². The van der Waals surface area contributed by atoms with Gasteiger partial charge in [-0.15, -0.1) is 0 Å². The number of nitrogens with zero attached hydrogens (tertiary/aromatic N) is 1. The third-order valence-corrected chi connectivity index (χ3v) is 2.56. The van der Waals surface area contributed by atoms with Crippen LogP contribution in [-0.4, -0.2) is 0 Å². The largest absolute Gasteiger partial charge is 0.324 e. The monoisotopic (exact) mass is 190 g/mol. The molecule has 0 spiro atoms. The summed E-state index contributed by atoms with van der Waals surface area (Å²) in [5, 5.41) is 8.67. The van der Waals surface area contributed by atoms with Crippen LogP contribution in [0.2, 0.25) is 0 Å². The molecule has 3 heteroatoms. The van der Waals surface area contributed by atoms with Crippen molar-refractivity contribution in [3.63, 3.8) is 0 Å². The first-order valence-electron chi connectivity index (χ1n) is 4.67. The number of hydrogen-bond donors (Lipinski definition) is 1. The molecule has 14 heavy (non-hydrogen) atoms. The molecular weight excluding hydrogens is 179 g/mol. The molecule has 1 fully saturated rings. The Morgan fingerprint density at radius 3 is 2.71 bits per heavy atom. The minimum absolute atomic E-state index is 0.113. The SMILES string of the molecule is N#Cc1cc(F)cc([C@H](N)C2CC2)c1. The van der Waals surface area contributed by atoms with E-state index in [-0.39, 0.29) is 11.9 Å². The van der Waals surface area contributed by atoms with Gasteiger partial charge in [-0.1, -0.05) is 0 Å². The van der Waals surface area contributed by atoms with Gasteiger partial charge in [-0.2, -0.15) is 5.26 Å². The summed E-state index contributed by atoms with van der Waals surface area (Å²) < 4.78 is 13.1.